The summed E-state index contributed by atoms with van der Waals surface area (Å²) < 4.78 is 43.8. The summed E-state index contributed by atoms with van der Waals surface area (Å²) in [5.41, 5.74) is 3.20. The van der Waals surface area contributed by atoms with Crippen molar-refractivity contribution in [1.82, 2.24) is 40.0 Å². The molecule has 2 N–H and O–H groups in total. The number of hydrogen-bond acceptors (Lipinski definition) is 7. The van der Waals surface area contributed by atoms with Gasteiger partial charge in [0.2, 0.25) is 0 Å². The Morgan fingerprint density at radius 3 is 2.74 bits per heavy atom. The van der Waals surface area contributed by atoms with Gasteiger partial charge in [0.05, 0.1) is 23.6 Å². The van der Waals surface area contributed by atoms with Gasteiger partial charge in [0.15, 0.2) is 5.65 Å². The van der Waals surface area contributed by atoms with Gasteiger partial charge in [-0.25, -0.2) is 9.67 Å². The molecule has 10 nitrogen and oxygen atoms in total. The maximum atomic E-state index is 14.1. The van der Waals surface area contributed by atoms with E-state index in [1.165, 1.54) is 12.1 Å². The van der Waals surface area contributed by atoms with Crippen LogP contribution >= 0.6 is 0 Å². The van der Waals surface area contributed by atoms with Gasteiger partial charge in [-0.3, -0.25) is 14.8 Å². The van der Waals surface area contributed by atoms with Gasteiger partial charge in [-0.05, 0) is 68.9 Å². The summed E-state index contributed by atoms with van der Waals surface area (Å²) >= 11 is 0. The van der Waals surface area contributed by atoms with Gasteiger partial charge >= 0.3 is 6.18 Å². The summed E-state index contributed by atoms with van der Waals surface area (Å²) in [6, 6.07) is 11.2. The molecule has 1 aliphatic heterocycles. The van der Waals surface area contributed by atoms with Crippen LogP contribution in [0.3, 0.4) is 0 Å². The molecule has 0 bridgehead atoms. The average molecular weight is 590 g/mol. The van der Waals surface area contributed by atoms with Crippen LogP contribution in [0.2, 0.25) is 0 Å². The molecular formula is C30H30F3N9O. The number of aromatic nitrogens is 6. The van der Waals surface area contributed by atoms with Crippen molar-refractivity contribution < 1.29 is 18.0 Å². The lowest BCUT2D eigenvalue weighted by Gasteiger charge is -2.22. The van der Waals surface area contributed by atoms with Crippen molar-refractivity contribution in [3.63, 3.8) is 0 Å². The highest BCUT2D eigenvalue weighted by Crippen LogP contribution is 2.35. The molecule has 5 aromatic rings. The zero-order valence-corrected chi connectivity index (χ0v) is 23.9. The highest BCUT2D eigenvalue weighted by atomic mass is 19.4. The number of benzene rings is 2. The monoisotopic (exact) mass is 589 g/mol. The van der Waals surface area contributed by atoms with Gasteiger partial charge in [-0.15, -0.1) is 5.10 Å². The van der Waals surface area contributed by atoms with Crippen LogP contribution in [0.5, 0.6) is 0 Å². The van der Waals surface area contributed by atoms with Crippen molar-refractivity contribution in [1.29, 1.82) is 0 Å². The van der Waals surface area contributed by atoms with E-state index in [1.807, 2.05) is 32.0 Å². The average Bonchev–Trinajstić information content (AvgIpc) is 3.74. The van der Waals surface area contributed by atoms with Crippen molar-refractivity contribution in [2.75, 3.05) is 32.5 Å². The Bertz CT molecular complexity index is 1790. The van der Waals surface area contributed by atoms with E-state index in [2.05, 4.69) is 35.7 Å². The lowest BCUT2D eigenvalue weighted by molar-refractivity contribution is -0.138. The number of amides is 1. The number of likely N-dealkylation sites (tertiary alicyclic amines) is 1. The number of anilines is 1. The minimum Gasteiger partial charge on any atom is -0.322 e. The van der Waals surface area contributed by atoms with Gasteiger partial charge in [0.25, 0.3) is 5.91 Å². The van der Waals surface area contributed by atoms with Crippen LogP contribution in [0.15, 0.2) is 61.1 Å². The molecule has 0 aliphatic carbocycles. The van der Waals surface area contributed by atoms with E-state index >= 15 is 0 Å². The Kier molecular flexibility index (Phi) is 7.44. The van der Waals surface area contributed by atoms with Gasteiger partial charge in [0.1, 0.15) is 5.69 Å². The van der Waals surface area contributed by atoms with E-state index < -0.39 is 17.6 Å². The van der Waals surface area contributed by atoms with Gasteiger partial charge in [-0.1, -0.05) is 17.3 Å². The standard InChI is InChI=1S/C30H30F3N9O/c1-18-4-5-19(11-27(18)42-17-26(37-39-42)21-10-22-14-35-38-28(22)34-13-21)29(43)36-23-7-6-20(25(12-23)30(31,32)33)15-41-9-8-24(16-41)40(2)3/h4-7,10-14,17,24H,8-9,15-16H2,1-3H3,(H,36,43)(H,34,35,38)/t24-/m1/s1. The molecule has 6 rings (SSSR count). The normalized spacial score (nSPS) is 15.9. The first-order chi connectivity index (χ1) is 20.5. The lowest BCUT2D eigenvalue weighted by Crippen LogP contribution is -2.31. The summed E-state index contributed by atoms with van der Waals surface area (Å²) in [5, 5.41) is 18.7. The van der Waals surface area contributed by atoms with Crippen LogP contribution in [0.1, 0.15) is 33.5 Å². The molecule has 1 atom stereocenters. The van der Waals surface area contributed by atoms with E-state index in [1.54, 1.807) is 41.5 Å². The largest absolute Gasteiger partial charge is 0.416 e. The van der Waals surface area contributed by atoms with Gasteiger partial charge in [0, 0.05) is 54.1 Å². The van der Waals surface area contributed by atoms with E-state index in [0.717, 1.165) is 35.5 Å². The maximum absolute atomic E-state index is 14.1. The smallest absolute Gasteiger partial charge is 0.322 e. The third kappa shape index (κ3) is 5.99. The molecule has 4 heterocycles. The minimum absolute atomic E-state index is 0.0703. The Balaban J connectivity index is 1.21. The maximum Gasteiger partial charge on any atom is 0.416 e. The van der Waals surface area contributed by atoms with Crippen molar-refractivity contribution in [3.05, 3.63) is 83.3 Å². The number of fused-ring (bicyclic) bond motifs is 1. The molecule has 3 aromatic heterocycles. The number of alkyl halides is 3. The first-order valence-electron chi connectivity index (χ1n) is 13.8. The summed E-state index contributed by atoms with van der Waals surface area (Å²) in [4.78, 5) is 21.7. The van der Waals surface area contributed by atoms with Crippen LogP contribution in [0, 0.1) is 6.92 Å². The van der Waals surface area contributed by atoms with E-state index in [0.29, 0.717) is 29.6 Å². The van der Waals surface area contributed by atoms with Gasteiger partial charge in [-0.2, -0.15) is 18.3 Å². The molecule has 1 aliphatic rings. The molecule has 0 spiro atoms. The SMILES string of the molecule is Cc1ccc(C(=O)Nc2ccc(CN3CC[C@@H](N(C)C)C3)c(C(F)(F)F)c2)cc1-n1cc(-c2cnc3[nH]ncc3c2)nn1. The second-order valence-corrected chi connectivity index (χ2v) is 11.0. The number of rotatable bonds is 7. The first kappa shape index (κ1) is 28.5. The molecule has 1 amide bonds. The number of likely N-dealkylation sites (N-methyl/N-ethyl adjacent to an activating group) is 1. The minimum atomic E-state index is -4.56. The van der Waals surface area contributed by atoms with Crippen LogP contribution in [0.4, 0.5) is 18.9 Å². The van der Waals surface area contributed by atoms with Crippen molar-refractivity contribution in [2.45, 2.75) is 32.1 Å². The number of carbonyl (C=O) groups excluding carboxylic acids is 1. The fourth-order valence-corrected chi connectivity index (χ4v) is 5.37. The molecule has 13 heteroatoms. The number of nitrogens with zero attached hydrogens (tertiary/aromatic N) is 7. The fraction of sp³-hybridized carbons (Fsp3) is 0.300. The molecule has 0 saturated carbocycles. The van der Waals surface area contributed by atoms with E-state index in [9.17, 15) is 18.0 Å². The summed E-state index contributed by atoms with van der Waals surface area (Å²) in [5.74, 6) is -0.537. The quantitative estimate of drug-likeness (QED) is 0.278. The Labute approximate surface area is 245 Å². The number of carbonyl (C=O) groups is 1. The predicted octanol–water partition coefficient (Wildman–Crippen LogP) is 4.92. The van der Waals surface area contributed by atoms with Crippen LogP contribution in [-0.2, 0) is 12.7 Å². The number of hydrogen-bond donors (Lipinski definition) is 2. The number of halogens is 3. The second kappa shape index (κ2) is 11.2. The van der Waals surface area contributed by atoms with Gasteiger partial charge < -0.3 is 10.2 Å². The van der Waals surface area contributed by atoms with Crippen molar-refractivity contribution in [2.24, 2.45) is 0 Å². The van der Waals surface area contributed by atoms with E-state index in [4.69, 9.17) is 0 Å². The van der Waals surface area contributed by atoms with Crippen molar-refractivity contribution in [3.8, 4) is 16.9 Å². The molecule has 1 saturated heterocycles. The third-order valence-corrected chi connectivity index (χ3v) is 7.84. The molecule has 0 unspecified atom stereocenters. The Morgan fingerprint density at radius 2 is 1.98 bits per heavy atom. The number of pyridine rings is 1. The second-order valence-electron chi connectivity index (χ2n) is 11.0. The van der Waals surface area contributed by atoms with Crippen LogP contribution in [0.25, 0.3) is 28.0 Å². The summed E-state index contributed by atoms with van der Waals surface area (Å²) in [6.45, 7) is 3.51. The summed E-state index contributed by atoms with van der Waals surface area (Å²) in [6.07, 6.45) is 1.41. The van der Waals surface area contributed by atoms with Crippen LogP contribution < -0.4 is 5.32 Å². The molecule has 2 aromatic carbocycles. The number of H-pyrrole nitrogens is 1. The molecular weight excluding hydrogens is 559 g/mol. The summed E-state index contributed by atoms with van der Waals surface area (Å²) in [7, 11) is 3.96. The topological polar surface area (TPSA) is 108 Å². The van der Waals surface area contributed by atoms with E-state index in [-0.39, 0.29) is 23.4 Å². The Hall–Kier alpha value is -4.62. The molecule has 43 heavy (non-hydrogen) atoms. The molecule has 1 fully saturated rings. The fourth-order valence-electron chi connectivity index (χ4n) is 5.37. The number of aromatic amines is 1. The molecule has 222 valence electrons. The lowest BCUT2D eigenvalue weighted by atomic mass is 10.0. The highest BCUT2D eigenvalue weighted by Gasteiger charge is 2.35. The number of aryl methyl sites for hydroxylation is 1. The highest BCUT2D eigenvalue weighted by molar-refractivity contribution is 6.04. The molecule has 0 radical (unpaired) electrons. The zero-order valence-electron chi connectivity index (χ0n) is 23.9. The predicted molar refractivity (Wildman–Crippen MR) is 156 cm³/mol. The first-order valence-corrected chi connectivity index (χ1v) is 13.8. The van der Waals surface area contributed by atoms with Crippen molar-refractivity contribution >= 4 is 22.6 Å². The number of nitrogens with one attached hydrogen (secondary N) is 2. The Morgan fingerprint density at radius 1 is 1.14 bits per heavy atom. The zero-order chi connectivity index (χ0) is 30.3. The third-order valence-electron chi connectivity index (χ3n) is 7.84. The van der Waals surface area contributed by atoms with Crippen LogP contribution in [-0.4, -0.2) is 79.1 Å².